The van der Waals surface area contributed by atoms with Crippen molar-refractivity contribution in [2.45, 2.75) is 32.0 Å². The van der Waals surface area contributed by atoms with E-state index in [-0.39, 0.29) is 24.1 Å². The lowest BCUT2D eigenvalue weighted by atomic mass is 10.0. The van der Waals surface area contributed by atoms with Crippen molar-refractivity contribution < 1.29 is 14.4 Å². The predicted molar refractivity (Wildman–Crippen MR) is 106 cm³/mol. The number of rotatable bonds is 3. The third-order valence-corrected chi connectivity index (χ3v) is 5.76. The molecule has 1 fully saturated rings. The molecule has 1 atom stereocenters. The molecule has 3 aliphatic rings. The molecule has 4 heterocycles. The average Bonchev–Trinajstić information content (AvgIpc) is 3.04. The molecule has 0 spiro atoms. The highest BCUT2D eigenvalue weighted by molar-refractivity contribution is 6.05. The zero-order chi connectivity index (χ0) is 20.0. The molecule has 0 radical (unpaired) electrons. The molecular formula is C21H21N5O3. The number of piperidine rings is 1. The van der Waals surface area contributed by atoms with E-state index in [1.807, 2.05) is 18.2 Å². The Morgan fingerprint density at radius 1 is 1.17 bits per heavy atom. The molecule has 148 valence electrons. The number of nitrogens with zero attached hydrogens (tertiary/aromatic N) is 3. The van der Waals surface area contributed by atoms with Gasteiger partial charge in [0.25, 0.3) is 5.91 Å². The summed E-state index contributed by atoms with van der Waals surface area (Å²) in [6.07, 6.45) is 2.42. The minimum atomic E-state index is -0.581. The van der Waals surface area contributed by atoms with Gasteiger partial charge in [-0.2, -0.15) is 0 Å². The van der Waals surface area contributed by atoms with Crippen molar-refractivity contribution in [3.8, 4) is 0 Å². The first-order valence-electron chi connectivity index (χ1n) is 9.80. The van der Waals surface area contributed by atoms with Crippen LogP contribution < -0.4 is 15.5 Å². The zero-order valence-electron chi connectivity index (χ0n) is 15.9. The minimum absolute atomic E-state index is 0.141. The smallest absolute Gasteiger partial charge is 0.255 e. The quantitative estimate of drug-likeness (QED) is 0.766. The number of anilines is 2. The van der Waals surface area contributed by atoms with Gasteiger partial charge in [-0.25, -0.2) is 4.98 Å². The van der Waals surface area contributed by atoms with Gasteiger partial charge in [0.15, 0.2) is 0 Å². The third kappa shape index (κ3) is 3.10. The van der Waals surface area contributed by atoms with Gasteiger partial charge in [-0.1, -0.05) is 12.1 Å². The van der Waals surface area contributed by atoms with Crippen molar-refractivity contribution in [3.63, 3.8) is 0 Å². The summed E-state index contributed by atoms with van der Waals surface area (Å²) in [4.78, 5) is 44.7. The van der Waals surface area contributed by atoms with Gasteiger partial charge in [-0.05, 0) is 35.7 Å². The fourth-order valence-electron chi connectivity index (χ4n) is 4.33. The van der Waals surface area contributed by atoms with Crippen LogP contribution in [0.1, 0.15) is 34.3 Å². The van der Waals surface area contributed by atoms with Crippen LogP contribution in [-0.2, 0) is 22.7 Å². The fourth-order valence-corrected chi connectivity index (χ4v) is 4.33. The molecule has 3 aliphatic heterocycles. The van der Waals surface area contributed by atoms with Crippen LogP contribution in [-0.4, -0.2) is 46.7 Å². The van der Waals surface area contributed by atoms with E-state index in [0.717, 1.165) is 42.3 Å². The van der Waals surface area contributed by atoms with Crippen molar-refractivity contribution in [2.24, 2.45) is 0 Å². The molecule has 3 amide bonds. The van der Waals surface area contributed by atoms with Crippen molar-refractivity contribution in [1.82, 2.24) is 15.2 Å². The topological polar surface area (TPSA) is 94.6 Å². The number of hydrogen-bond donors (Lipinski definition) is 2. The van der Waals surface area contributed by atoms with Crippen LogP contribution in [0.25, 0.3) is 0 Å². The van der Waals surface area contributed by atoms with Crippen molar-refractivity contribution in [2.75, 3.05) is 23.3 Å². The van der Waals surface area contributed by atoms with Crippen LogP contribution in [0.2, 0.25) is 0 Å². The van der Waals surface area contributed by atoms with Gasteiger partial charge < -0.3 is 15.1 Å². The van der Waals surface area contributed by atoms with E-state index >= 15 is 0 Å². The lowest BCUT2D eigenvalue weighted by molar-refractivity contribution is -0.136. The standard InChI is InChI=1S/C21H21N5O3/c27-18-6-5-17(20(28)24-18)26-12-14-10-13(3-4-15(14)21(26)29)11-25-9-8-23-19-16(25)2-1-7-22-19/h1-4,7,10,17H,5-6,8-9,11-12H2,(H,22,23)(H,24,27,28). The van der Waals surface area contributed by atoms with Crippen molar-refractivity contribution >= 4 is 29.2 Å². The predicted octanol–water partition coefficient (Wildman–Crippen LogP) is 1.27. The van der Waals surface area contributed by atoms with E-state index < -0.39 is 6.04 Å². The molecule has 29 heavy (non-hydrogen) atoms. The fraction of sp³-hybridized carbons (Fsp3) is 0.333. The second kappa shape index (κ2) is 6.88. The summed E-state index contributed by atoms with van der Waals surface area (Å²) in [6.45, 7) is 2.82. The summed E-state index contributed by atoms with van der Waals surface area (Å²) < 4.78 is 0. The number of fused-ring (bicyclic) bond motifs is 2. The van der Waals surface area contributed by atoms with E-state index in [2.05, 4.69) is 32.7 Å². The molecule has 5 rings (SSSR count). The van der Waals surface area contributed by atoms with E-state index in [1.54, 1.807) is 11.1 Å². The summed E-state index contributed by atoms with van der Waals surface area (Å²) in [5.41, 5.74) is 3.75. The Balaban J connectivity index is 1.36. The normalized spacial score (nSPS) is 20.8. The van der Waals surface area contributed by atoms with Crippen molar-refractivity contribution in [1.29, 1.82) is 0 Å². The summed E-state index contributed by atoms with van der Waals surface area (Å²) in [5, 5.41) is 5.65. The van der Waals surface area contributed by atoms with Gasteiger partial charge in [-0.3, -0.25) is 19.7 Å². The van der Waals surface area contributed by atoms with Crippen LogP contribution in [0.15, 0.2) is 36.5 Å². The van der Waals surface area contributed by atoms with Crippen LogP contribution in [0.4, 0.5) is 11.5 Å². The molecule has 0 bridgehead atoms. The van der Waals surface area contributed by atoms with Crippen LogP contribution in [0.3, 0.4) is 0 Å². The highest BCUT2D eigenvalue weighted by Gasteiger charge is 2.39. The second-order valence-corrected chi connectivity index (χ2v) is 7.61. The summed E-state index contributed by atoms with van der Waals surface area (Å²) in [7, 11) is 0. The Morgan fingerprint density at radius 3 is 2.93 bits per heavy atom. The van der Waals surface area contributed by atoms with Crippen molar-refractivity contribution in [3.05, 3.63) is 53.2 Å². The Kier molecular flexibility index (Phi) is 4.19. The SMILES string of the molecule is O=C1CCC(N2Cc3cc(CN4CCNc5ncccc54)ccc3C2=O)C(=O)N1. The number of imide groups is 1. The number of benzene rings is 1. The molecule has 8 heteroatoms. The van der Waals surface area contributed by atoms with Gasteiger partial charge in [0.1, 0.15) is 11.9 Å². The molecular weight excluding hydrogens is 370 g/mol. The molecule has 2 N–H and O–H groups in total. The number of carbonyl (C=O) groups is 3. The third-order valence-electron chi connectivity index (χ3n) is 5.76. The Bertz CT molecular complexity index is 1020. The average molecular weight is 391 g/mol. The zero-order valence-corrected chi connectivity index (χ0v) is 15.9. The van der Waals surface area contributed by atoms with E-state index in [0.29, 0.717) is 18.5 Å². The lowest BCUT2D eigenvalue weighted by Crippen LogP contribution is -2.52. The van der Waals surface area contributed by atoms with E-state index in [9.17, 15) is 14.4 Å². The van der Waals surface area contributed by atoms with Crippen LogP contribution >= 0.6 is 0 Å². The first-order chi connectivity index (χ1) is 14.1. The number of aromatic nitrogens is 1. The molecule has 1 aromatic heterocycles. The number of nitrogens with one attached hydrogen (secondary N) is 2. The molecule has 8 nitrogen and oxygen atoms in total. The van der Waals surface area contributed by atoms with Gasteiger partial charge in [-0.15, -0.1) is 0 Å². The summed E-state index contributed by atoms with van der Waals surface area (Å²) in [6, 6.07) is 9.28. The molecule has 2 aromatic rings. The Morgan fingerprint density at radius 2 is 2.07 bits per heavy atom. The largest absolute Gasteiger partial charge is 0.367 e. The first kappa shape index (κ1) is 17.7. The number of hydrogen-bond acceptors (Lipinski definition) is 6. The monoisotopic (exact) mass is 391 g/mol. The van der Waals surface area contributed by atoms with Gasteiger partial charge in [0.2, 0.25) is 11.8 Å². The summed E-state index contributed by atoms with van der Waals surface area (Å²) >= 11 is 0. The Labute approximate surface area is 167 Å². The molecule has 1 saturated heterocycles. The molecule has 1 aromatic carbocycles. The maximum atomic E-state index is 12.8. The van der Waals surface area contributed by atoms with E-state index in [4.69, 9.17) is 0 Å². The summed E-state index contributed by atoms with van der Waals surface area (Å²) in [5.74, 6) is 0.0907. The van der Waals surface area contributed by atoms with Gasteiger partial charge in [0.05, 0.1) is 5.69 Å². The molecule has 0 saturated carbocycles. The van der Waals surface area contributed by atoms with Crippen LogP contribution in [0, 0.1) is 0 Å². The van der Waals surface area contributed by atoms with Crippen LogP contribution in [0.5, 0.6) is 0 Å². The molecule has 0 aliphatic carbocycles. The number of pyridine rings is 1. The highest BCUT2D eigenvalue weighted by Crippen LogP contribution is 2.31. The first-order valence-corrected chi connectivity index (χ1v) is 9.80. The lowest BCUT2D eigenvalue weighted by Gasteiger charge is -2.31. The van der Waals surface area contributed by atoms with Gasteiger partial charge >= 0.3 is 0 Å². The second-order valence-electron chi connectivity index (χ2n) is 7.61. The highest BCUT2D eigenvalue weighted by atomic mass is 16.2. The molecule has 1 unspecified atom stereocenters. The van der Waals surface area contributed by atoms with Gasteiger partial charge in [0, 0.05) is 44.4 Å². The number of amides is 3. The Hall–Kier alpha value is -3.42. The maximum absolute atomic E-state index is 12.8. The van der Waals surface area contributed by atoms with E-state index in [1.165, 1.54) is 0 Å². The minimum Gasteiger partial charge on any atom is -0.367 e. The number of carbonyl (C=O) groups excluding carboxylic acids is 3. The maximum Gasteiger partial charge on any atom is 0.255 e.